The number of nitrogens with zero attached hydrogens (tertiary/aromatic N) is 2. The molecule has 0 spiro atoms. The molecule has 0 unspecified atom stereocenters. The van der Waals surface area contributed by atoms with E-state index in [0.717, 1.165) is 12.3 Å². The first-order chi connectivity index (χ1) is 16.3. The summed E-state index contributed by atoms with van der Waals surface area (Å²) in [6, 6.07) is 16.8. The van der Waals surface area contributed by atoms with Crippen molar-refractivity contribution in [3.63, 3.8) is 0 Å². The lowest BCUT2D eigenvalue weighted by Crippen LogP contribution is -2.44. The van der Waals surface area contributed by atoms with Gasteiger partial charge in [0, 0.05) is 11.8 Å². The molecule has 4 rings (SSSR count). The fourth-order valence-corrected chi connectivity index (χ4v) is 3.46. The van der Waals surface area contributed by atoms with Gasteiger partial charge in [-0.05, 0) is 30.3 Å². The largest absolute Gasteiger partial charge is 0.449 e. The van der Waals surface area contributed by atoms with Crippen LogP contribution in [0.1, 0.15) is 26.9 Å². The Kier molecular flexibility index (Phi) is 6.48. The highest BCUT2D eigenvalue weighted by Crippen LogP contribution is 2.44. The van der Waals surface area contributed by atoms with Gasteiger partial charge in [-0.2, -0.15) is 13.8 Å². The van der Waals surface area contributed by atoms with Gasteiger partial charge in [0.1, 0.15) is 11.9 Å². The minimum Gasteiger partial charge on any atom is -0.449 e. The minimum atomic E-state index is -3.88. The Labute approximate surface area is 191 Å². The molecule has 176 valence electrons. The van der Waals surface area contributed by atoms with E-state index < -0.39 is 48.5 Å². The number of aliphatic hydroxyl groups is 1. The molecule has 1 amide bonds. The Morgan fingerprint density at radius 3 is 2.26 bits per heavy atom. The van der Waals surface area contributed by atoms with Crippen LogP contribution in [0.15, 0.2) is 77.7 Å². The second-order valence-corrected chi connectivity index (χ2v) is 7.40. The van der Waals surface area contributed by atoms with Crippen molar-refractivity contribution in [1.82, 2.24) is 9.55 Å². The van der Waals surface area contributed by atoms with E-state index in [9.17, 15) is 19.5 Å². The maximum absolute atomic E-state index is 15.2. The van der Waals surface area contributed by atoms with Gasteiger partial charge in [-0.15, -0.1) is 0 Å². The van der Waals surface area contributed by atoms with E-state index in [-0.39, 0.29) is 11.4 Å². The number of benzene rings is 2. The van der Waals surface area contributed by atoms with Crippen molar-refractivity contribution in [2.45, 2.75) is 24.4 Å². The van der Waals surface area contributed by atoms with Gasteiger partial charge < -0.3 is 19.9 Å². The first-order valence-electron chi connectivity index (χ1n) is 10.2. The quantitative estimate of drug-likeness (QED) is 0.529. The van der Waals surface area contributed by atoms with E-state index in [0.29, 0.717) is 10.1 Å². The topological polar surface area (TPSA) is 120 Å². The Balaban J connectivity index is 1.54. The second kappa shape index (κ2) is 9.49. The van der Waals surface area contributed by atoms with Crippen LogP contribution in [0, 0.1) is 0 Å². The highest BCUT2D eigenvalue weighted by Gasteiger charge is 2.62. The van der Waals surface area contributed by atoms with Crippen LogP contribution in [0.5, 0.6) is 0 Å². The predicted octanol–water partition coefficient (Wildman–Crippen LogP) is 2.25. The number of hydrogen-bond acceptors (Lipinski definition) is 7. The van der Waals surface area contributed by atoms with Crippen molar-refractivity contribution >= 4 is 17.7 Å². The van der Waals surface area contributed by atoms with E-state index in [4.69, 9.17) is 9.47 Å². The molecule has 11 heteroatoms. The van der Waals surface area contributed by atoms with Crippen molar-refractivity contribution < 1.29 is 33.0 Å². The first-order valence-corrected chi connectivity index (χ1v) is 10.2. The lowest BCUT2D eigenvalue weighted by Gasteiger charge is -2.24. The number of alkyl halides is 2. The molecule has 1 fully saturated rings. The Hall–Kier alpha value is -3.96. The van der Waals surface area contributed by atoms with Crippen LogP contribution in [0.4, 0.5) is 14.6 Å². The van der Waals surface area contributed by atoms with Crippen LogP contribution in [0.2, 0.25) is 0 Å². The summed E-state index contributed by atoms with van der Waals surface area (Å²) in [5.41, 5.74) is -0.786. The second-order valence-electron chi connectivity index (χ2n) is 7.40. The van der Waals surface area contributed by atoms with Crippen LogP contribution in [-0.4, -0.2) is 51.3 Å². The predicted molar refractivity (Wildman–Crippen MR) is 114 cm³/mol. The zero-order valence-corrected chi connectivity index (χ0v) is 17.5. The van der Waals surface area contributed by atoms with Crippen LogP contribution in [0.25, 0.3) is 0 Å². The number of rotatable bonds is 6. The smallest absolute Gasteiger partial charge is 0.351 e. The number of anilines is 1. The first kappa shape index (κ1) is 23.2. The van der Waals surface area contributed by atoms with Crippen molar-refractivity contribution in [2.24, 2.45) is 0 Å². The summed E-state index contributed by atoms with van der Waals surface area (Å²) in [4.78, 5) is 40.7. The van der Waals surface area contributed by atoms with Crippen molar-refractivity contribution in [1.29, 1.82) is 0 Å². The SMILES string of the molecule is O=C(Nc1ccn([C@@H]2O[C@H](CO)[C@@H](OC(=O)c3ccccc3)C2(F)F)c(=O)n1)c1ccccc1. The van der Waals surface area contributed by atoms with Gasteiger partial charge in [0.05, 0.1) is 12.2 Å². The van der Waals surface area contributed by atoms with Crippen LogP contribution in [-0.2, 0) is 9.47 Å². The molecule has 1 aromatic heterocycles. The van der Waals surface area contributed by atoms with Crippen LogP contribution in [0.3, 0.4) is 0 Å². The van der Waals surface area contributed by atoms with Gasteiger partial charge >= 0.3 is 17.6 Å². The number of hydrogen-bond donors (Lipinski definition) is 2. The molecule has 34 heavy (non-hydrogen) atoms. The van der Waals surface area contributed by atoms with Gasteiger partial charge in [0.25, 0.3) is 5.91 Å². The number of nitrogens with one attached hydrogen (secondary N) is 1. The van der Waals surface area contributed by atoms with Gasteiger partial charge in [0.2, 0.25) is 6.23 Å². The number of aromatic nitrogens is 2. The molecule has 9 nitrogen and oxygen atoms in total. The number of carbonyl (C=O) groups excluding carboxylic acids is 2. The van der Waals surface area contributed by atoms with Crippen molar-refractivity contribution in [2.75, 3.05) is 11.9 Å². The van der Waals surface area contributed by atoms with Gasteiger partial charge in [-0.3, -0.25) is 9.36 Å². The maximum Gasteiger partial charge on any atom is 0.351 e. The average Bonchev–Trinajstić information content (AvgIpc) is 3.09. The monoisotopic (exact) mass is 471 g/mol. The van der Waals surface area contributed by atoms with E-state index in [1.165, 1.54) is 24.3 Å². The lowest BCUT2D eigenvalue weighted by molar-refractivity contribution is -0.142. The third-order valence-electron chi connectivity index (χ3n) is 5.13. The number of aliphatic hydroxyl groups excluding tert-OH is 1. The zero-order chi connectivity index (χ0) is 24.3. The van der Waals surface area contributed by atoms with E-state index in [1.54, 1.807) is 36.4 Å². The van der Waals surface area contributed by atoms with Crippen LogP contribution >= 0.6 is 0 Å². The molecular weight excluding hydrogens is 452 g/mol. The molecule has 0 aliphatic carbocycles. The third kappa shape index (κ3) is 4.56. The normalized spacial score (nSPS) is 21.1. The molecule has 3 aromatic rings. The fourth-order valence-electron chi connectivity index (χ4n) is 3.46. The number of halogens is 2. The van der Waals surface area contributed by atoms with Crippen molar-refractivity contribution in [3.05, 3.63) is 94.5 Å². The van der Waals surface area contributed by atoms with Crippen LogP contribution < -0.4 is 11.0 Å². The highest BCUT2D eigenvalue weighted by molar-refractivity contribution is 6.03. The summed E-state index contributed by atoms with van der Waals surface area (Å²) in [6.07, 6.45) is -4.96. The highest BCUT2D eigenvalue weighted by atomic mass is 19.3. The summed E-state index contributed by atoms with van der Waals surface area (Å²) in [5, 5.41) is 11.9. The van der Waals surface area contributed by atoms with Gasteiger partial charge in [0.15, 0.2) is 6.10 Å². The average molecular weight is 471 g/mol. The fraction of sp³-hybridized carbons (Fsp3) is 0.217. The summed E-state index contributed by atoms with van der Waals surface area (Å²) >= 11 is 0. The molecule has 0 radical (unpaired) electrons. The molecule has 1 saturated heterocycles. The number of amides is 1. The maximum atomic E-state index is 15.2. The Bertz CT molecular complexity index is 1240. The lowest BCUT2D eigenvalue weighted by atomic mass is 10.1. The number of carbonyl (C=O) groups is 2. The third-order valence-corrected chi connectivity index (χ3v) is 5.13. The number of ether oxygens (including phenoxy) is 2. The minimum absolute atomic E-state index is 0.0378. The molecule has 0 bridgehead atoms. The summed E-state index contributed by atoms with van der Waals surface area (Å²) in [5.74, 6) is -5.60. The summed E-state index contributed by atoms with van der Waals surface area (Å²) < 4.78 is 41.1. The van der Waals surface area contributed by atoms with E-state index in [1.807, 2.05) is 0 Å². The summed E-state index contributed by atoms with van der Waals surface area (Å²) in [7, 11) is 0. The molecule has 1 aliphatic heterocycles. The molecule has 3 atom stereocenters. The standard InChI is InChI=1S/C23H19F2N3O6/c24-23(25)18(34-20(31)15-9-5-2-6-10-15)16(13-29)33-21(23)28-12-11-17(27-22(28)32)26-19(30)14-7-3-1-4-8-14/h1-12,16,18,21,29H,13H2,(H,26,27,30,32)/t16-,18-,21-/m1/s1. The van der Waals surface area contributed by atoms with Gasteiger partial charge in [-0.1, -0.05) is 36.4 Å². The Morgan fingerprint density at radius 1 is 1.06 bits per heavy atom. The molecule has 1 aliphatic rings. The summed E-state index contributed by atoms with van der Waals surface area (Å²) in [6.45, 7) is -0.883. The molecule has 2 heterocycles. The molecule has 2 N–H and O–H groups in total. The number of esters is 1. The van der Waals surface area contributed by atoms with Crippen molar-refractivity contribution in [3.8, 4) is 0 Å². The van der Waals surface area contributed by atoms with Gasteiger partial charge in [-0.25, -0.2) is 9.59 Å². The zero-order valence-electron chi connectivity index (χ0n) is 17.5. The van der Waals surface area contributed by atoms with E-state index >= 15 is 8.78 Å². The molecular formula is C23H19F2N3O6. The van der Waals surface area contributed by atoms with E-state index in [2.05, 4.69) is 10.3 Å². The molecule has 2 aromatic carbocycles. The Morgan fingerprint density at radius 2 is 1.68 bits per heavy atom. The molecule has 0 saturated carbocycles.